The van der Waals surface area contributed by atoms with Gasteiger partial charge in [0, 0.05) is 12.6 Å². The molecule has 2 rings (SSSR count). The van der Waals surface area contributed by atoms with Crippen molar-refractivity contribution in [3.8, 4) is 0 Å². The highest BCUT2D eigenvalue weighted by Gasteiger charge is 2.18. The topological polar surface area (TPSA) is 15.3 Å². The average molecular weight is 210 g/mol. The van der Waals surface area contributed by atoms with Crippen LogP contribution in [0.15, 0.2) is 0 Å². The van der Waals surface area contributed by atoms with E-state index in [9.17, 15) is 0 Å². The number of nitrogens with zero attached hydrogens (tertiary/aromatic N) is 1. The summed E-state index contributed by atoms with van der Waals surface area (Å²) in [5, 5.41) is 3.63. The maximum atomic E-state index is 3.63. The molecule has 2 saturated heterocycles. The third kappa shape index (κ3) is 3.76. The van der Waals surface area contributed by atoms with E-state index in [0.717, 1.165) is 12.0 Å². The molecular formula is C13H26N2. The normalized spacial score (nSPS) is 33.4. The smallest absolute Gasteiger partial charge is 0.00675 e. The van der Waals surface area contributed by atoms with Gasteiger partial charge in [0.1, 0.15) is 0 Å². The van der Waals surface area contributed by atoms with Crippen molar-refractivity contribution >= 4 is 0 Å². The molecule has 0 aromatic rings. The molecule has 0 amide bonds. The molecule has 0 aromatic carbocycles. The van der Waals surface area contributed by atoms with Gasteiger partial charge in [-0.1, -0.05) is 13.3 Å². The molecule has 2 nitrogen and oxygen atoms in total. The number of rotatable bonds is 4. The molecule has 0 aromatic heterocycles. The van der Waals surface area contributed by atoms with Gasteiger partial charge in [-0.05, 0) is 57.7 Å². The first kappa shape index (κ1) is 11.4. The van der Waals surface area contributed by atoms with Crippen molar-refractivity contribution < 1.29 is 0 Å². The number of nitrogens with one attached hydrogen (secondary N) is 1. The van der Waals surface area contributed by atoms with Crippen LogP contribution in [0.1, 0.15) is 45.4 Å². The van der Waals surface area contributed by atoms with Gasteiger partial charge in [-0.3, -0.25) is 0 Å². The van der Waals surface area contributed by atoms with Gasteiger partial charge in [0.05, 0.1) is 0 Å². The molecule has 2 atom stereocenters. The number of hydrogen-bond acceptors (Lipinski definition) is 2. The third-order valence-electron chi connectivity index (χ3n) is 3.95. The van der Waals surface area contributed by atoms with Gasteiger partial charge in [0.15, 0.2) is 0 Å². The monoisotopic (exact) mass is 210 g/mol. The van der Waals surface area contributed by atoms with Crippen LogP contribution < -0.4 is 5.32 Å². The highest BCUT2D eigenvalue weighted by Crippen LogP contribution is 2.17. The first-order valence-electron chi connectivity index (χ1n) is 6.80. The lowest BCUT2D eigenvalue weighted by Crippen LogP contribution is -2.34. The largest absolute Gasteiger partial charge is 0.314 e. The second-order valence-electron chi connectivity index (χ2n) is 5.48. The maximum absolute atomic E-state index is 3.63. The lowest BCUT2D eigenvalue weighted by atomic mass is 10.0. The Balaban J connectivity index is 1.54. The second kappa shape index (κ2) is 5.86. The van der Waals surface area contributed by atoms with Gasteiger partial charge in [0.25, 0.3) is 0 Å². The molecule has 0 bridgehead atoms. The summed E-state index contributed by atoms with van der Waals surface area (Å²) >= 11 is 0. The molecule has 15 heavy (non-hydrogen) atoms. The number of likely N-dealkylation sites (tertiary alicyclic amines) is 1. The predicted molar refractivity (Wildman–Crippen MR) is 65.1 cm³/mol. The minimum Gasteiger partial charge on any atom is -0.314 e. The van der Waals surface area contributed by atoms with Crippen LogP contribution in [0.4, 0.5) is 0 Å². The average Bonchev–Trinajstić information content (AvgIpc) is 2.66. The summed E-state index contributed by atoms with van der Waals surface area (Å²) in [6.07, 6.45) is 8.45. The fourth-order valence-electron chi connectivity index (χ4n) is 2.96. The molecular weight excluding hydrogens is 184 g/mol. The van der Waals surface area contributed by atoms with E-state index in [1.165, 1.54) is 64.7 Å². The lowest BCUT2D eigenvalue weighted by Gasteiger charge is -2.24. The van der Waals surface area contributed by atoms with E-state index in [1.54, 1.807) is 0 Å². The van der Waals surface area contributed by atoms with Crippen LogP contribution in [-0.4, -0.2) is 37.1 Å². The van der Waals surface area contributed by atoms with E-state index in [2.05, 4.69) is 17.1 Å². The van der Waals surface area contributed by atoms with E-state index in [-0.39, 0.29) is 0 Å². The summed E-state index contributed by atoms with van der Waals surface area (Å²) in [6, 6.07) is 0.832. The van der Waals surface area contributed by atoms with E-state index < -0.39 is 0 Å². The molecule has 2 aliphatic rings. The molecule has 2 heteroatoms. The molecule has 0 aliphatic carbocycles. The molecule has 0 radical (unpaired) electrons. The van der Waals surface area contributed by atoms with Gasteiger partial charge in [0.2, 0.25) is 0 Å². The standard InChI is InChI=1S/C13H26N2/c1-12-7-10-15(11-12)9-4-6-13-5-2-3-8-14-13/h12-14H,2-11H2,1H3. The quantitative estimate of drug-likeness (QED) is 0.765. The fraction of sp³-hybridized carbons (Fsp3) is 1.00. The molecule has 88 valence electrons. The molecule has 0 spiro atoms. The number of hydrogen-bond donors (Lipinski definition) is 1. The minimum atomic E-state index is 0.832. The van der Waals surface area contributed by atoms with Crippen LogP contribution in [-0.2, 0) is 0 Å². The van der Waals surface area contributed by atoms with Gasteiger partial charge in [-0.25, -0.2) is 0 Å². The summed E-state index contributed by atoms with van der Waals surface area (Å²) in [4.78, 5) is 2.65. The summed E-state index contributed by atoms with van der Waals surface area (Å²) in [5.41, 5.74) is 0. The van der Waals surface area contributed by atoms with E-state index in [4.69, 9.17) is 0 Å². The zero-order chi connectivity index (χ0) is 10.5. The zero-order valence-corrected chi connectivity index (χ0v) is 10.2. The highest BCUT2D eigenvalue weighted by molar-refractivity contribution is 4.75. The van der Waals surface area contributed by atoms with Gasteiger partial charge in [-0.2, -0.15) is 0 Å². The Kier molecular flexibility index (Phi) is 4.45. The first-order chi connectivity index (χ1) is 7.34. The van der Waals surface area contributed by atoms with E-state index >= 15 is 0 Å². The molecule has 2 fully saturated rings. The Hall–Kier alpha value is -0.0800. The van der Waals surface area contributed by atoms with Crippen LogP contribution in [0.25, 0.3) is 0 Å². The summed E-state index contributed by atoms with van der Waals surface area (Å²) in [7, 11) is 0. The third-order valence-corrected chi connectivity index (χ3v) is 3.95. The Labute approximate surface area is 94.4 Å². The van der Waals surface area contributed by atoms with E-state index in [1.807, 2.05) is 0 Å². The Morgan fingerprint density at radius 3 is 2.87 bits per heavy atom. The SMILES string of the molecule is CC1CCN(CCCC2CCCCN2)C1. The maximum Gasteiger partial charge on any atom is 0.00675 e. The molecule has 1 N–H and O–H groups in total. The summed E-state index contributed by atoms with van der Waals surface area (Å²) in [5.74, 6) is 0.942. The van der Waals surface area contributed by atoms with Gasteiger partial charge >= 0.3 is 0 Å². The van der Waals surface area contributed by atoms with Crippen LogP contribution in [0, 0.1) is 5.92 Å². The van der Waals surface area contributed by atoms with Crippen LogP contribution >= 0.6 is 0 Å². The summed E-state index contributed by atoms with van der Waals surface area (Å²) < 4.78 is 0. The molecule has 2 heterocycles. The first-order valence-corrected chi connectivity index (χ1v) is 6.80. The van der Waals surface area contributed by atoms with Gasteiger partial charge < -0.3 is 10.2 Å². The van der Waals surface area contributed by atoms with Crippen molar-refractivity contribution in [3.63, 3.8) is 0 Å². The zero-order valence-electron chi connectivity index (χ0n) is 10.2. The number of piperidine rings is 1. The van der Waals surface area contributed by atoms with Gasteiger partial charge in [-0.15, -0.1) is 0 Å². The molecule has 2 unspecified atom stereocenters. The van der Waals surface area contributed by atoms with Crippen LogP contribution in [0.5, 0.6) is 0 Å². The minimum absolute atomic E-state index is 0.832. The Morgan fingerprint density at radius 1 is 1.27 bits per heavy atom. The molecule has 2 aliphatic heterocycles. The summed E-state index contributed by atoms with van der Waals surface area (Å²) in [6.45, 7) is 7.66. The van der Waals surface area contributed by atoms with Crippen molar-refractivity contribution in [3.05, 3.63) is 0 Å². The highest BCUT2D eigenvalue weighted by atomic mass is 15.1. The Morgan fingerprint density at radius 2 is 2.20 bits per heavy atom. The van der Waals surface area contributed by atoms with Crippen molar-refractivity contribution in [1.82, 2.24) is 10.2 Å². The van der Waals surface area contributed by atoms with Crippen molar-refractivity contribution in [2.45, 2.75) is 51.5 Å². The van der Waals surface area contributed by atoms with E-state index in [0.29, 0.717) is 0 Å². The van der Waals surface area contributed by atoms with Crippen LogP contribution in [0.2, 0.25) is 0 Å². The fourth-order valence-corrected chi connectivity index (χ4v) is 2.96. The van der Waals surface area contributed by atoms with Crippen molar-refractivity contribution in [2.75, 3.05) is 26.2 Å². The predicted octanol–water partition coefficient (Wildman–Crippen LogP) is 2.25. The lowest BCUT2D eigenvalue weighted by molar-refractivity contribution is 0.298. The second-order valence-corrected chi connectivity index (χ2v) is 5.48. The molecule has 0 saturated carbocycles. The van der Waals surface area contributed by atoms with Crippen molar-refractivity contribution in [1.29, 1.82) is 0 Å². The Bertz CT molecular complexity index is 171. The van der Waals surface area contributed by atoms with Crippen LogP contribution in [0.3, 0.4) is 0 Å². The van der Waals surface area contributed by atoms with Crippen molar-refractivity contribution in [2.24, 2.45) is 5.92 Å².